The highest BCUT2D eigenvalue weighted by Gasteiger charge is 2.11. The van der Waals surface area contributed by atoms with Crippen molar-refractivity contribution < 1.29 is 0 Å². The van der Waals surface area contributed by atoms with Crippen molar-refractivity contribution in [1.82, 2.24) is 0 Å². The molecule has 0 aromatic heterocycles. The van der Waals surface area contributed by atoms with Crippen LogP contribution in [-0.2, 0) is 0 Å². The van der Waals surface area contributed by atoms with Gasteiger partial charge in [0.25, 0.3) is 0 Å². The molecule has 2 nitrogen and oxygen atoms in total. The van der Waals surface area contributed by atoms with E-state index in [-0.39, 0.29) is 0 Å². The molecule has 0 unspecified atom stereocenters. The number of nitrogens with zero attached hydrogens (tertiary/aromatic N) is 1. The Balaban J connectivity index is 1.86. The lowest BCUT2D eigenvalue weighted by molar-refractivity contribution is 0.483. The molecule has 17 heavy (non-hydrogen) atoms. The van der Waals surface area contributed by atoms with Crippen molar-refractivity contribution in [2.24, 2.45) is 5.92 Å². The second-order valence-corrected chi connectivity index (χ2v) is 4.93. The lowest BCUT2D eigenvalue weighted by Gasteiger charge is -2.15. The number of benzene rings is 1. The molecule has 1 aliphatic rings. The van der Waals surface area contributed by atoms with E-state index in [9.17, 15) is 0 Å². The molecule has 0 saturated heterocycles. The summed E-state index contributed by atoms with van der Waals surface area (Å²) in [6.07, 6.45) is 8.27. The normalized spacial score (nSPS) is 17.1. The van der Waals surface area contributed by atoms with Crippen LogP contribution >= 0.6 is 0 Å². The molecule has 1 aromatic carbocycles. The van der Waals surface area contributed by atoms with Crippen LogP contribution in [0.25, 0.3) is 0 Å². The Bertz CT molecular complexity index is 384. The van der Waals surface area contributed by atoms with E-state index in [1.54, 1.807) is 0 Å². The Kier molecular flexibility index (Phi) is 4.44. The summed E-state index contributed by atoms with van der Waals surface area (Å²) < 4.78 is 0. The number of hydrogen-bond acceptors (Lipinski definition) is 2. The number of nitriles is 1. The predicted molar refractivity (Wildman–Crippen MR) is 70.8 cm³/mol. The van der Waals surface area contributed by atoms with E-state index in [4.69, 9.17) is 5.26 Å². The smallest absolute Gasteiger partial charge is 0.0992 e. The van der Waals surface area contributed by atoms with E-state index < -0.39 is 0 Å². The first-order valence-electron chi connectivity index (χ1n) is 6.62. The van der Waals surface area contributed by atoms with Crippen LogP contribution in [0.1, 0.15) is 44.1 Å². The van der Waals surface area contributed by atoms with Crippen molar-refractivity contribution in [2.45, 2.75) is 38.5 Å². The van der Waals surface area contributed by atoms with Gasteiger partial charge in [-0.15, -0.1) is 0 Å². The molecule has 0 bridgehead atoms. The van der Waals surface area contributed by atoms with Crippen molar-refractivity contribution in [1.29, 1.82) is 5.26 Å². The fourth-order valence-corrected chi connectivity index (χ4v) is 2.53. The zero-order valence-electron chi connectivity index (χ0n) is 10.3. The van der Waals surface area contributed by atoms with Crippen molar-refractivity contribution in [3.05, 3.63) is 29.8 Å². The van der Waals surface area contributed by atoms with E-state index in [0.29, 0.717) is 0 Å². The monoisotopic (exact) mass is 228 g/mol. The minimum absolute atomic E-state index is 0.732. The zero-order valence-corrected chi connectivity index (χ0v) is 10.3. The second kappa shape index (κ2) is 6.30. The summed E-state index contributed by atoms with van der Waals surface area (Å²) in [6, 6.07) is 9.92. The van der Waals surface area contributed by atoms with Crippen LogP contribution in [0, 0.1) is 17.2 Å². The van der Waals surface area contributed by atoms with Gasteiger partial charge in [0.05, 0.1) is 11.6 Å². The lowest BCUT2D eigenvalue weighted by Crippen LogP contribution is -2.13. The van der Waals surface area contributed by atoms with Crippen molar-refractivity contribution in [3.8, 4) is 6.07 Å². The summed E-state index contributed by atoms with van der Waals surface area (Å²) in [4.78, 5) is 0. The molecule has 1 aliphatic carbocycles. The largest absolute Gasteiger partial charge is 0.385 e. The quantitative estimate of drug-likeness (QED) is 0.795. The molecule has 0 atom stereocenters. The van der Waals surface area contributed by atoms with E-state index >= 15 is 0 Å². The van der Waals surface area contributed by atoms with Crippen LogP contribution in [0.3, 0.4) is 0 Å². The zero-order chi connectivity index (χ0) is 11.9. The first kappa shape index (κ1) is 12.0. The molecule has 0 spiro atoms. The van der Waals surface area contributed by atoms with Crippen molar-refractivity contribution >= 4 is 5.69 Å². The van der Waals surface area contributed by atoms with Gasteiger partial charge in [0, 0.05) is 12.2 Å². The molecular formula is C15H20N2. The molecule has 1 aromatic rings. The summed E-state index contributed by atoms with van der Waals surface area (Å²) in [5.74, 6) is 0.809. The Morgan fingerprint density at radius 3 is 2.65 bits per heavy atom. The predicted octanol–water partition coefficient (Wildman–Crippen LogP) is 3.94. The topological polar surface area (TPSA) is 35.8 Å². The van der Waals surface area contributed by atoms with Gasteiger partial charge in [0.15, 0.2) is 0 Å². The highest BCUT2D eigenvalue weighted by atomic mass is 14.9. The fraction of sp³-hybridized carbons (Fsp3) is 0.533. The molecule has 0 radical (unpaired) electrons. The first-order chi connectivity index (χ1) is 8.38. The van der Waals surface area contributed by atoms with Crippen molar-refractivity contribution in [2.75, 3.05) is 11.9 Å². The van der Waals surface area contributed by atoms with Crippen LogP contribution in [-0.4, -0.2) is 6.54 Å². The third-order valence-electron chi connectivity index (χ3n) is 3.56. The summed E-state index contributed by atoms with van der Waals surface area (Å²) in [7, 11) is 0. The van der Waals surface area contributed by atoms with Gasteiger partial charge in [-0.1, -0.05) is 31.7 Å². The van der Waals surface area contributed by atoms with Crippen molar-refractivity contribution in [3.63, 3.8) is 0 Å². The first-order valence-corrected chi connectivity index (χ1v) is 6.62. The molecule has 0 heterocycles. The molecule has 0 amide bonds. The van der Waals surface area contributed by atoms with Crippen LogP contribution in [0.2, 0.25) is 0 Å². The van der Waals surface area contributed by atoms with Gasteiger partial charge in [-0.3, -0.25) is 0 Å². The fourth-order valence-electron chi connectivity index (χ4n) is 2.53. The highest BCUT2D eigenvalue weighted by molar-refractivity contribution is 5.49. The Morgan fingerprint density at radius 1 is 1.18 bits per heavy atom. The summed E-state index contributed by atoms with van der Waals surface area (Å²) in [6.45, 7) is 1.05. The Hall–Kier alpha value is -1.49. The molecule has 0 aliphatic heterocycles. The average Bonchev–Trinajstić information content (AvgIpc) is 2.65. The molecule has 1 N–H and O–H groups in total. The summed E-state index contributed by atoms with van der Waals surface area (Å²) in [5.41, 5.74) is 1.81. The second-order valence-electron chi connectivity index (χ2n) is 4.93. The molecule has 2 heteroatoms. The van der Waals surface area contributed by atoms with Gasteiger partial charge < -0.3 is 5.32 Å². The number of hydrogen-bond donors (Lipinski definition) is 1. The van der Waals surface area contributed by atoms with Crippen LogP contribution in [0.4, 0.5) is 5.69 Å². The van der Waals surface area contributed by atoms with Crippen LogP contribution < -0.4 is 5.32 Å². The van der Waals surface area contributed by atoms with Gasteiger partial charge in [-0.05, 0) is 37.0 Å². The maximum Gasteiger partial charge on any atom is 0.0992 e. The number of nitrogens with one attached hydrogen (secondary N) is 1. The van der Waals surface area contributed by atoms with Gasteiger partial charge in [-0.25, -0.2) is 0 Å². The average molecular weight is 228 g/mol. The number of rotatable bonds is 3. The molecule has 1 saturated carbocycles. The maximum atomic E-state index is 8.84. The van der Waals surface area contributed by atoms with E-state index in [0.717, 1.165) is 23.7 Å². The third kappa shape index (κ3) is 3.78. The standard InChI is InChI=1S/C15H20N2/c16-11-14-8-5-9-15(10-14)17-12-13-6-3-1-2-4-7-13/h5,8-10,13,17H,1-4,6-7,12H2. The molecular weight excluding hydrogens is 208 g/mol. The van der Waals surface area contributed by atoms with E-state index in [2.05, 4.69) is 11.4 Å². The van der Waals surface area contributed by atoms with E-state index in [1.807, 2.05) is 24.3 Å². The SMILES string of the molecule is N#Cc1cccc(NCC2CCCCCC2)c1. The molecule has 1 fully saturated rings. The van der Waals surface area contributed by atoms with E-state index in [1.165, 1.54) is 38.5 Å². The number of anilines is 1. The van der Waals surface area contributed by atoms with Gasteiger partial charge in [0.2, 0.25) is 0 Å². The van der Waals surface area contributed by atoms with Gasteiger partial charge >= 0.3 is 0 Å². The summed E-state index contributed by atoms with van der Waals surface area (Å²) in [5, 5.41) is 12.3. The van der Waals surface area contributed by atoms with Crippen LogP contribution in [0.5, 0.6) is 0 Å². The minimum Gasteiger partial charge on any atom is -0.385 e. The molecule has 2 rings (SSSR count). The maximum absolute atomic E-state index is 8.84. The van der Waals surface area contributed by atoms with Gasteiger partial charge in [-0.2, -0.15) is 5.26 Å². The third-order valence-corrected chi connectivity index (χ3v) is 3.56. The lowest BCUT2D eigenvalue weighted by atomic mass is 10.0. The minimum atomic E-state index is 0.732. The Morgan fingerprint density at radius 2 is 1.94 bits per heavy atom. The highest BCUT2D eigenvalue weighted by Crippen LogP contribution is 2.23. The van der Waals surface area contributed by atoms with Gasteiger partial charge in [0.1, 0.15) is 0 Å². The summed E-state index contributed by atoms with van der Waals surface area (Å²) >= 11 is 0. The van der Waals surface area contributed by atoms with Crippen LogP contribution in [0.15, 0.2) is 24.3 Å². The molecule has 90 valence electrons. The Labute approximate surface area is 104 Å².